The maximum absolute atomic E-state index is 12.3. The molecule has 19 heavy (non-hydrogen) atoms. The lowest BCUT2D eigenvalue weighted by atomic mass is 10.1. The first-order valence-electron chi connectivity index (χ1n) is 6.57. The minimum absolute atomic E-state index is 0.0120. The summed E-state index contributed by atoms with van der Waals surface area (Å²) in [6, 6.07) is 1.80. The van der Waals surface area contributed by atoms with Gasteiger partial charge in [-0.25, -0.2) is 4.68 Å². The fraction of sp³-hybridized carbons (Fsp3) is 0.615. The van der Waals surface area contributed by atoms with Gasteiger partial charge < -0.3 is 4.74 Å². The molecular formula is C13H15N3O2S. The number of thioether (sulfide) groups is 1. The Balaban J connectivity index is 2.00. The molecule has 2 aliphatic rings. The van der Waals surface area contributed by atoms with Crippen molar-refractivity contribution in [3.05, 3.63) is 22.1 Å². The summed E-state index contributed by atoms with van der Waals surface area (Å²) in [6.07, 6.45) is 4.12. The maximum Gasteiger partial charge on any atom is 0.281 e. The molecule has 0 aromatic carbocycles. The number of aromatic nitrogens is 2. The molecule has 3 rings (SSSR count). The molecule has 0 spiro atoms. The number of nitriles is 1. The van der Waals surface area contributed by atoms with Gasteiger partial charge in [-0.15, -0.1) is 0 Å². The van der Waals surface area contributed by atoms with Gasteiger partial charge in [0.2, 0.25) is 0 Å². The van der Waals surface area contributed by atoms with E-state index in [9.17, 15) is 4.79 Å². The van der Waals surface area contributed by atoms with Crippen molar-refractivity contribution in [3.63, 3.8) is 0 Å². The van der Waals surface area contributed by atoms with Crippen molar-refractivity contribution >= 4 is 11.8 Å². The lowest BCUT2D eigenvalue weighted by Crippen LogP contribution is -2.33. The smallest absolute Gasteiger partial charge is 0.281 e. The van der Waals surface area contributed by atoms with E-state index in [1.54, 1.807) is 10.7 Å². The largest absolute Gasteiger partial charge is 0.379 e. The average molecular weight is 277 g/mol. The molecule has 1 aromatic heterocycles. The van der Waals surface area contributed by atoms with Crippen LogP contribution in [-0.2, 0) is 4.74 Å². The van der Waals surface area contributed by atoms with Gasteiger partial charge in [-0.2, -0.15) is 10.4 Å². The normalized spacial score (nSPS) is 23.0. The van der Waals surface area contributed by atoms with E-state index in [2.05, 4.69) is 5.10 Å². The molecular weight excluding hydrogens is 262 g/mol. The molecule has 1 atom stereocenters. The van der Waals surface area contributed by atoms with Gasteiger partial charge in [0.25, 0.3) is 5.56 Å². The van der Waals surface area contributed by atoms with Gasteiger partial charge in [-0.1, -0.05) is 0 Å². The molecule has 100 valence electrons. The zero-order valence-electron chi connectivity index (χ0n) is 10.5. The Bertz CT molecular complexity index is 568. The van der Waals surface area contributed by atoms with Crippen molar-refractivity contribution in [1.82, 2.24) is 9.78 Å². The lowest BCUT2D eigenvalue weighted by Gasteiger charge is -2.23. The number of rotatable bonds is 3. The molecule has 0 bridgehead atoms. The molecule has 1 aliphatic carbocycles. The molecule has 2 fully saturated rings. The first kappa shape index (κ1) is 12.7. The Kier molecular flexibility index (Phi) is 3.58. The van der Waals surface area contributed by atoms with Gasteiger partial charge in [0.15, 0.2) is 0 Å². The molecule has 1 saturated heterocycles. The van der Waals surface area contributed by atoms with E-state index in [1.807, 2.05) is 5.40 Å². The van der Waals surface area contributed by atoms with Crippen LogP contribution in [0.2, 0.25) is 0 Å². The molecule has 5 nitrogen and oxygen atoms in total. The predicted molar refractivity (Wildman–Crippen MR) is 71.0 cm³/mol. The first-order valence-corrected chi connectivity index (χ1v) is 7.38. The standard InChI is InChI=1S/C13H15N3O2S/c14-8-19-12-6-11(9-3-4-9)15-16(13(12)17)10-2-1-5-18-7-10/h6,9-10H,1-5,7H2. The number of ether oxygens (including phenoxy) is 1. The fourth-order valence-corrected chi connectivity index (χ4v) is 2.83. The fourth-order valence-electron chi connectivity index (χ4n) is 2.37. The Labute approximate surface area is 115 Å². The second kappa shape index (κ2) is 5.35. The van der Waals surface area contributed by atoms with Gasteiger partial charge in [0.1, 0.15) is 5.40 Å². The molecule has 0 N–H and O–H groups in total. The molecule has 1 aromatic rings. The summed E-state index contributed by atoms with van der Waals surface area (Å²) in [5.74, 6) is 0.467. The van der Waals surface area contributed by atoms with Crippen molar-refractivity contribution < 1.29 is 4.74 Å². The predicted octanol–water partition coefficient (Wildman–Crippen LogP) is 2.05. The van der Waals surface area contributed by atoms with E-state index in [0.29, 0.717) is 17.4 Å². The van der Waals surface area contributed by atoms with Crippen LogP contribution in [0.4, 0.5) is 0 Å². The average Bonchev–Trinajstić information content (AvgIpc) is 3.27. The topological polar surface area (TPSA) is 67.9 Å². The summed E-state index contributed by atoms with van der Waals surface area (Å²) in [6.45, 7) is 1.30. The zero-order valence-corrected chi connectivity index (χ0v) is 11.4. The number of nitrogens with zero attached hydrogens (tertiary/aromatic N) is 3. The number of hydrogen-bond donors (Lipinski definition) is 0. The molecule has 1 unspecified atom stereocenters. The summed E-state index contributed by atoms with van der Waals surface area (Å²) in [5.41, 5.74) is 0.786. The minimum Gasteiger partial charge on any atom is -0.379 e. The van der Waals surface area contributed by atoms with E-state index in [-0.39, 0.29) is 11.6 Å². The summed E-state index contributed by atoms with van der Waals surface area (Å²) in [5, 5.41) is 15.3. The molecule has 1 aliphatic heterocycles. The highest BCUT2D eigenvalue weighted by atomic mass is 32.2. The van der Waals surface area contributed by atoms with E-state index >= 15 is 0 Å². The molecule has 0 amide bonds. The van der Waals surface area contributed by atoms with Crippen LogP contribution >= 0.6 is 11.8 Å². The SMILES string of the molecule is N#CSc1cc(C2CC2)nn(C2CCCOC2)c1=O. The van der Waals surface area contributed by atoms with Crippen LogP contribution in [-0.4, -0.2) is 23.0 Å². The second-order valence-corrected chi connectivity index (χ2v) is 5.85. The second-order valence-electron chi connectivity index (χ2n) is 5.02. The maximum atomic E-state index is 12.3. The monoisotopic (exact) mass is 277 g/mol. The Morgan fingerprint density at radius 3 is 2.95 bits per heavy atom. The first-order chi connectivity index (χ1) is 9.29. The Hall–Kier alpha value is -1.32. The van der Waals surface area contributed by atoms with Crippen LogP contribution in [0.15, 0.2) is 15.8 Å². The van der Waals surface area contributed by atoms with Crippen LogP contribution in [0.5, 0.6) is 0 Å². The quantitative estimate of drug-likeness (QED) is 0.624. The highest BCUT2D eigenvalue weighted by molar-refractivity contribution is 8.03. The number of thiocyanates is 1. The third-order valence-corrected chi connectivity index (χ3v) is 4.16. The van der Waals surface area contributed by atoms with E-state index in [0.717, 1.165) is 49.7 Å². The van der Waals surface area contributed by atoms with Crippen molar-refractivity contribution in [2.24, 2.45) is 0 Å². The minimum atomic E-state index is -0.161. The van der Waals surface area contributed by atoms with E-state index in [1.165, 1.54) is 0 Å². The summed E-state index contributed by atoms with van der Waals surface area (Å²) >= 11 is 0.931. The van der Waals surface area contributed by atoms with Gasteiger partial charge in [0.05, 0.1) is 23.2 Å². The summed E-state index contributed by atoms with van der Waals surface area (Å²) in [4.78, 5) is 12.8. The highest BCUT2D eigenvalue weighted by Gasteiger charge is 2.28. The summed E-state index contributed by atoms with van der Waals surface area (Å²) in [7, 11) is 0. The molecule has 2 heterocycles. The van der Waals surface area contributed by atoms with Crippen LogP contribution in [0.1, 0.15) is 43.3 Å². The molecule has 6 heteroatoms. The van der Waals surface area contributed by atoms with E-state index < -0.39 is 0 Å². The van der Waals surface area contributed by atoms with Gasteiger partial charge in [-0.05, 0) is 43.5 Å². The van der Waals surface area contributed by atoms with Crippen LogP contribution < -0.4 is 5.56 Å². The summed E-state index contributed by atoms with van der Waals surface area (Å²) < 4.78 is 6.98. The Morgan fingerprint density at radius 1 is 1.47 bits per heavy atom. The molecule has 0 radical (unpaired) electrons. The Morgan fingerprint density at radius 2 is 2.32 bits per heavy atom. The van der Waals surface area contributed by atoms with Crippen molar-refractivity contribution in [2.45, 2.75) is 42.5 Å². The third-order valence-electron chi connectivity index (χ3n) is 3.55. The van der Waals surface area contributed by atoms with Gasteiger partial charge >= 0.3 is 0 Å². The van der Waals surface area contributed by atoms with Crippen LogP contribution in [0.3, 0.4) is 0 Å². The van der Waals surface area contributed by atoms with Crippen LogP contribution in [0, 0.1) is 10.7 Å². The highest BCUT2D eigenvalue weighted by Crippen LogP contribution is 2.39. The van der Waals surface area contributed by atoms with Crippen molar-refractivity contribution in [1.29, 1.82) is 5.26 Å². The van der Waals surface area contributed by atoms with Crippen LogP contribution in [0.25, 0.3) is 0 Å². The van der Waals surface area contributed by atoms with Crippen molar-refractivity contribution in [3.8, 4) is 5.40 Å². The number of hydrogen-bond acceptors (Lipinski definition) is 5. The van der Waals surface area contributed by atoms with Gasteiger partial charge in [0, 0.05) is 12.5 Å². The van der Waals surface area contributed by atoms with Crippen molar-refractivity contribution in [2.75, 3.05) is 13.2 Å². The van der Waals surface area contributed by atoms with Gasteiger partial charge in [-0.3, -0.25) is 4.79 Å². The van der Waals surface area contributed by atoms with E-state index in [4.69, 9.17) is 10.00 Å². The lowest BCUT2D eigenvalue weighted by molar-refractivity contribution is 0.0525. The third kappa shape index (κ3) is 2.67. The molecule has 1 saturated carbocycles. The zero-order chi connectivity index (χ0) is 13.2.